The second-order valence-corrected chi connectivity index (χ2v) is 7.54. The number of imidazole rings is 1. The van der Waals surface area contributed by atoms with Crippen molar-refractivity contribution < 1.29 is 4.74 Å². The lowest BCUT2D eigenvalue weighted by Crippen LogP contribution is -2.32. The summed E-state index contributed by atoms with van der Waals surface area (Å²) >= 11 is 5.03. The highest BCUT2D eigenvalue weighted by molar-refractivity contribution is 9.10. The number of anilines is 1. The normalized spacial score (nSPS) is 18.0. The fourth-order valence-electron chi connectivity index (χ4n) is 2.86. The van der Waals surface area contributed by atoms with Crippen molar-refractivity contribution in [1.29, 1.82) is 0 Å². The molecule has 3 aromatic rings. The Hall–Kier alpha value is -2.32. The van der Waals surface area contributed by atoms with Crippen LogP contribution in [0, 0.1) is 0 Å². The van der Waals surface area contributed by atoms with Gasteiger partial charge >= 0.3 is 0 Å². The Kier molecular flexibility index (Phi) is 3.53. The molecule has 1 unspecified atom stereocenters. The summed E-state index contributed by atoms with van der Waals surface area (Å²) in [5.74, 6) is 1.15. The number of rotatable bonds is 3. The van der Waals surface area contributed by atoms with Crippen molar-refractivity contribution in [3.8, 4) is 0 Å². The molecule has 0 aliphatic carbocycles. The van der Waals surface area contributed by atoms with E-state index < -0.39 is 0 Å². The quantitative estimate of drug-likeness (QED) is 0.636. The number of H-pyrrole nitrogens is 1. The third kappa shape index (κ3) is 2.71. The predicted octanol–water partition coefficient (Wildman–Crippen LogP) is 4.00. The number of halogens is 1. The van der Waals surface area contributed by atoms with Gasteiger partial charge < -0.3 is 15.0 Å². The fraction of sp³-hybridized carbons (Fsp3) is 0.118. The molecule has 0 saturated heterocycles. The summed E-state index contributed by atoms with van der Waals surface area (Å²) in [6.07, 6.45) is -0.284. The molecule has 124 valence electrons. The number of hydrogen-bond donors (Lipinski definition) is 2. The van der Waals surface area contributed by atoms with E-state index in [1.165, 1.54) is 0 Å². The van der Waals surface area contributed by atoms with E-state index >= 15 is 0 Å². The minimum Gasteiger partial charge on any atom is -0.449 e. The van der Waals surface area contributed by atoms with Gasteiger partial charge in [-0.25, -0.2) is 4.98 Å². The van der Waals surface area contributed by atoms with E-state index in [0.29, 0.717) is 11.7 Å². The smallest absolute Gasteiger partial charge is 0.221 e. The van der Waals surface area contributed by atoms with Crippen LogP contribution in [-0.4, -0.2) is 33.6 Å². The minimum atomic E-state index is -0.284. The molecule has 25 heavy (non-hydrogen) atoms. The molecule has 0 radical (unpaired) electrons. The van der Waals surface area contributed by atoms with Gasteiger partial charge in [0.15, 0.2) is 5.16 Å². The molecule has 0 spiro atoms. The fourth-order valence-corrected chi connectivity index (χ4v) is 3.95. The van der Waals surface area contributed by atoms with Gasteiger partial charge in [-0.2, -0.15) is 0 Å². The zero-order valence-electron chi connectivity index (χ0n) is 12.9. The van der Waals surface area contributed by atoms with Crippen molar-refractivity contribution >= 4 is 56.0 Å². The molecular weight excluding hydrogens is 402 g/mol. The molecule has 5 rings (SSSR count). The minimum absolute atomic E-state index is 0.284. The third-order valence-corrected chi connectivity index (χ3v) is 5.37. The van der Waals surface area contributed by atoms with Crippen LogP contribution in [-0.2, 0) is 4.74 Å². The lowest BCUT2D eigenvalue weighted by atomic mass is 10.1. The Labute approximate surface area is 155 Å². The molecule has 2 aliphatic heterocycles. The summed E-state index contributed by atoms with van der Waals surface area (Å²) in [7, 11) is 0. The Morgan fingerprint density at radius 3 is 3.00 bits per heavy atom. The molecular formula is C17H12BrN5OS. The lowest BCUT2D eigenvalue weighted by molar-refractivity contribution is 0.276. The summed E-state index contributed by atoms with van der Waals surface area (Å²) in [6.45, 7) is 0. The molecule has 0 bridgehead atoms. The Morgan fingerprint density at radius 1 is 1.16 bits per heavy atom. The molecule has 2 N–H and O–H groups in total. The van der Waals surface area contributed by atoms with Gasteiger partial charge in [0.05, 0.1) is 16.8 Å². The van der Waals surface area contributed by atoms with Gasteiger partial charge in [-0.05, 0) is 30.3 Å². The second-order valence-electron chi connectivity index (χ2n) is 5.66. The first kappa shape index (κ1) is 15.0. The summed E-state index contributed by atoms with van der Waals surface area (Å²) in [5.41, 5.74) is 4.82. The van der Waals surface area contributed by atoms with E-state index in [0.717, 1.165) is 37.6 Å². The SMILES string of the molecule is Brc1ccc2c(c1)C1=NN=C(CSc3nc4ccccc4[nH]3)OC1N2. The van der Waals surface area contributed by atoms with Gasteiger partial charge in [0.2, 0.25) is 12.1 Å². The number of benzene rings is 2. The third-order valence-electron chi connectivity index (χ3n) is 4.02. The summed E-state index contributed by atoms with van der Waals surface area (Å²) in [6, 6.07) is 14.0. The van der Waals surface area contributed by atoms with Crippen molar-refractivity contribution in [2.75, 3.05) is 11.1 Å². The maximum Gasteiger partial charge on any atom is 0.221 e. The van der Waals surface area contributed by atoms with Crippen molar-refractivity contribution in [2.45, 2.75) is 11.4 Å². The van der Waals surface area contributed by atoms with Gasteiger partial charge in [-0.15, -0.1) is 10.2 Å². The van der Waals surface area contributed by atoms with E-state index in [1.54, 1.807) is 11.8 Å². The average molecular weight is 414 g/mol. The first-order valence-electron chi connectivity index (χ1n) is 7.71. The van der Waals surface area contributed by atoms with Gasteiger partial charge in [-0.3, -0.25) is 0 Å². The van der Waals surface area contributed by atoms with Crippen LogP contribution in [0.15, 0.2) is 62.3 Å². The molecule has 6 nitrogen and oxygen atoms in total. The van der Waals surface area contributed by atoms with Crippen LogP contribution in [0.25, 0.3) is 11.0 Å². The van der Waals surface area contributed by atoms with Crippen molar-refractivity contribution in [2.24, 2.45) is 10.2 Å². The molecule has 1 atom stereocenters. The van der Waals surface area contributed by atoms with Crippen molar-refractivity contribution in [3.05, 3.63) is 52.5 Å². The largest absolute Gasteiger partial charge is 0.449 e. The van der Waals surface area contributed by atoms with Crippen LogP contribution in [0.3, 0.4) is 0 Å². The topological polar surface area (TPSA) is 74.7 Å². The molecule has 0 amide bonds. The number of aromatic amines is 1. The number of ether oxygens (including phenoxy) is 1. The highest BCUT2D eigenvalue weighted by Gasteiger charge is 2.33. The van der Waals surface area contributed by atoms with E-state index in [1.807, 2.05) is 42.5 Å². The number of aromatic nitrogens is 2. The first-order chi connectivity index (χ1) is 12.3. The van der Waals surface area contributed by atoms with Crippen molar-refractivity contribution in [3.63, 3.8) is 0 Å². The maximum absolute atomic E-state index is 5.96. The number of nitrogens with one attached hydrogen (secondary N) is 2. The van der Waals surface area contributed by atoms with Crippen LogP contribution in [0.1, 0.15) is 5.56 Å². The zero-order chi connectivity index (χ0) is 16.8. The van der Waals surface area contributed by atoms with Crippen LogP contribution in [0.2, 0.25) is 0 Å². The van der Waals surface area contributed by atoms with Gasteiger partial charge in [0, 0.05) is 15.7 Å². The molecule has 0 fully saturated rings. The van der Waals surface area contributed by atoms with Gasteiger partial charge in [-0.1, -0.05) is 39.8 Å². The number of fused-ring (bicyclic) bond motifs is 4. The van der Waals surface area contributed by atoms with Crippen LogP contribution >= 0.6 is 27.7 Å². The number of hydrogen-bond acceptors (Lipinski definition) is 6. The van der Waals surface area contributed by atoms with Gasteiger partial charge in [0.1, 0.15) is 5.71 Å². The van der Waals surface area contributed by atoms with E-state index in [2.05, 4.69) is 41.4 Å². The van der Waals surface area contributed by atoms with Crippen LogP contribution in [0.5, 0.6) is 0 Å². The summed E-state index contributed by atoms with van der Waals surface area (Å²) in [4.78, 5) is 7.83. The summed E-state index contributed by atoms with van der Waals surface area (Å²) in [5, 5.41) is 12.8. The first-order valence-corrected chi connectivity index (χ1v) is 9.49. The standard InChI is InChI=1S/C17H12BrN5OS/c18-9-5-6-11-10(7-9)15-16(19-11)24-14(22-23-15)8-25-17-20-12-3-1-2-4-13(12)21-17/h1-7,16,19H,8H2,(H,20,21). The molecule has 0 saturated carbocycles. The van der Waals surface area contributed by atoms with Gasteiger partial charge in [0.25, 0.3) is 0 Å². The second kappa shape index (κ2) is 5.89. The predicted molar refractivity (Wildman–Crippen MR) is 103 cm³/mol. The Morgan fingerprint density at radius 2 is 2.08 bits per heavy atom. The van der Waals surface area contributed by atoms with Crippen LogP contribution < -0.4 is 5.32 Å². The lowest BCUT2D eigenvalue weighted by Gasteiger charge is -2.18. The monoisotopic (exact) mass is 413 g/mol. The number of nitrogens with zero attached hydrogens (tertiary/aromatic N) is 3. The van der Waals surface area contributed by atoms with Crippen LogP contribution in [0.4, 0.5) is 5.69 Å². The number of thioether (sulfide) groups is 1. The Bertz CT molecular complexity index is 1010. The molecule has 3 heterocycles. The maximum atomic E-state index is 5.96. The zero-order valence-corrected chi connectivity index (χ0v) is 15.3. The van der Waals surface area contributed by atoms with Crippen molar-refractivity contribution in [1.82, 2.24) is 9.97 Å². The van der Waals surface area contributed by atoms with E-state index in [-0.39, 0.29) is 6.23 Å². The molecule has 2 aromatic carbocycles. The molecule has 2 aliphatic rings. The molecule has 1 aromatic heterocycles. The highest BCUT2D eigenvalue weighted by atomic mass is 79.9. The Balaban J connectivity index is 1.33. The van der Waals surface area contributed by atoms with E-state index in [4.69, 9.17) is 4.74 Å². The number of para-hydroxylation sites is 2. The molecule has 8 heteroatoms. The average Bonchev–Trinajstić information content (AvgIpc) is 3.20. The highest BCUT2D eigenvalue weighted by Crippen LogP contribution is 2.31. The summed E-state index contributed by atoms with van der Waals surface area (Å²) < 4.78 is 6.96. The van der Waals surface area contributed by atoms with E-state index in [9.17, 15) is 0 Å².